The number of anilines is 1. The first-order valence-corrected chi connectivity index (χ1v) is 6.93. The number of hydrazine groups is 1. The quantitative estimate of drug-likeness (QED) is 0.726. The minimum atomic E-state index is -0.331. The van der Waals surface area contributed by atoms with E-state index < -0.39 is 0 Å². The third-order valence-electron chi connectivity index (χ3n) is 2.86. The van der Waals surface area contributed by atoms with Crippen LogP contribution in [0, 0.1) is 13.8 Å². The molecule has 3 aromatic rings. The number of aryl methyl sites for hydroxylation is 2. The van der Waals surface area contributed by atoms with Gasteiger partial charge in [-0.2, -0.15) is 0 Å². The number of benzene rings is 1. The zero-order valence-corrected chi connectivity index (χ0v) is 11.9. The number of thiazole rings is 1. The smallest absolute Gasteiger partial charge is 0.305 e. The highest BCUT2D eigenvalue weighted by molar-refractivity contribution is 7.22. The normalized spacial score (nSPS) is 10.7. The fourth-order valence-corrected chi connectivity index (χ4v) is 3.00. The van der Waals surface area contributed by atoms with Gasteiger partial charge in [0.25, 0.3) is 0 Å². The summed E-state index contributed by atoms with van der Waals surface area (Å²) >= 11 is 1.50. The van der Waals surface area contributed by atoms with E-state index >= 15 is 0 Å². The Hall–Kier alpha value is -2.34. The van der Waals surface area contributed by atoms with Crippen LogP contribution in [0.5, 0.6) is 0 Å². The molecule has 0 radical (unpaired) electrons. The summed E-state index contributed by atoms with van der Waals surface area (Å²) in [5.74, 6) is -0.0761. The summed E-state index contributed by atoms with van der Waals surface area (Å²) in [6, 6.07) is 7.44. The van der Waals surface area contributed by atoms with Crippen LogP contribution in [0.25, 0.3) is 10.2 Å². The molecule has 2 N–H and O–H groups in total. The average Bonchev–Trinajstić information content (AvgIpc) is 3.04. The maximum Gasteiger partial charge on any atom is 0.305 e. The zero-order chi connectivity index (χ0) is 14.1. The number of aromatic nitrogens is 1. The molecular weight excluding hydrogens is 274 g/mol. The first-order valence-electron chi connectivity index (χ1n) is 6.11. The highest BCUT2D eigenvalue weighted by atomic mass is 32.1. The molecule has 2 heterocycles. The monoisotopic (exact) mass is 287 g/mol. The molecule has 0 aliphatic rings. The van der Waals surface area contributed by atoms with Crippen molar-refractivity contribution < 1.29 is 9.21 Å². The van der Waals surface area contributed by atoms with Crippen molar-refractivity contribution in [3.63, 3.8) is 0 Å². The minimum absolute atomic E-state index is 0.255. The van der Waals surface area contributed by atoms with Crippen molar-refractivity contribution in [3.05, 3.63) is 47.4 Å². The van der Waals surface area contributed by atoms with Gasteiger partial charge in [0.1, 0.15) is 0 Å². The third-order valence-corrected chi connectivity index (χ3v) is 3.78. The average molecular weight is 287 g/mol. The molecule has 0 spiro atoms. The van der Waals surface area contributed by atoms with E-state index in [0.717, 1.165) is 15.8 Å². The Kier molecular flexibility index (Phi) is 3.15. The van der Waals surface area contributed by atoms with E-state index in [4.69, 9.17) is 4.42 Å². The lowest BCUT2D eigenvalue weighted by Gasteiger charge is -2.02. The van der Waals surface area contributed by atoms with Crippen molar-refractivity contribution in [2.24, 2.45) is 0 Å². The number of nitrogens with zero attached hydrogens (tertiary/aromatic N) is 1. The number of hydrogen-bond acceptors (Lipinski definition) is 5. The predicted octanol–water partition coefficient (Wildman–Crippen LogP) is 3.26. The summed E-state index contributed by atoms with van der Waals surface area (Å²) in [6.45, 7) is 4.08. The van der Waals surface area contributed by atoms with Gasteiger partial charge in [-0.05, 0) is 43.2 Å². The molecule has 0 bridgehead atoms. The van der Waals surface area contributed by atoms with Crippen molar-refractivity contribution in [3.8, 4) is 0 Å². The van der Waals surface area contributed by atoms with Crippen LogP contribution in [0.4, 0.5) is 5.13 Å². The standard InChI is InChI=1S/C14H13N3O2S/c1-8-6-9(2)12-11(7-8)20-14(15-12)17-16-13(18)10-4-3-5-19-10/h3-7H,1-2H3,(H,15,17)(H,16,18). The van der Waals surface area contributed by atoms with E-state index in [-0.39, 0.29) is 11.7 Å². The molecule has 20 heavy (non-hydrogen) atoms. The fraction of sp³-hybridized carbons (Fsp3) is 0.143. The third kappa shape index (κ3) is 2.37. The number of nitrogens with one attached hydrogen (secondary N) is 2. The lowest BCUT2D eigenvalue weighted by molar-refractivity contribution is 0.0935. The van der Waals surface area contributed by atoms with Crippen molar-refractivity contribution in [2.75, 3.05) is 5.43 Å². The summed E-state index contributed by atoms with van der Waals surface area (Å²) in [5.41, 5.74) is 8.66. The van der Waals surface area contributed by atoms with Crippen LogP contribution in [-0.2, 0) is 0 Å². The maximum atomic E-state index is 11.7. The van der Waals surface area contributed by atoms with Crippen LogP contribution >= 0.6 is 11.3 Å². The molecule has 0 fully saturated rings. The highest BCUT2D eigenvalue weighted by Crippen LogP contribution is 2.28. The second kappa shape index (κ2) is 4.97. The van der Waals surface area contributed by atoms with Crippen molar-refractivity contribution in [1.29, 1.82) is 0 Å². The molecule has 0 saturated heterocycles. The predicted molar refractivity (Wildman–Crippen MR) is 78.9 cm³/mol. The zero-order valence-electron chi connectivity index (χ0n) is 11.1. The summed E-state index contributed by atoms with van der Waals surface area (Å²) < 4.78 is 6.10. The van der Waals surface area contributed by atoms with Crippen LogP contribution in [0.15, 0.2) is 34.9 Å². The minimum Gasteiger partial charge on any atom is -0.459 e. The molecule has 0 aliphatic heterocycles. The van der Waals surface area contributed by atoms with Crippen molar-refractivity contribution in [1.82, 2.24) is 10.4 Å². The SMILES string of the molecule is Cc1cc(C)c2nc(NNC(=O)c3ccco3)sc2c1. The second-order valence-corrected chi connectivity index (χ2v) is 5.53. The lowest BCUT2D eigenvalue weighted by Crippen LogP contribution is -2.28. The summed E-state index contributed by atoms with van der Waals surface area (Å²) in [6.07, 6.45) is 1.46. The molecule has 0 aliphatic carbocycles. The molecule has 6 heteroatoms. The van der Waals surface area contributed by atoms with Gasteiger partial charge in [0.2, 0.25) is 5.13 Å². The number of furan rings is 1. The number of carbonyl (C=O) groups excluding carboxylic acids is 1. The molecule has 3 rings (SSSR count). The van der Waals surface area contributed by atoms with Crippen molar-refractivity contribution >= 4 is 32.6 Å². The number of rotatable bonds is 3. The van der Waals surface area contributed by atoms with E-state index in [9.17, 15) is 4.79 Å². The number of carbonyl (C=O) groups is 1. The molecule has 102 valence electrons. The van der Waals surface area contributed by atoms with Gasteiger partial charge in [0.15, 0.2) is 5.76 Å². The van der Waals surface area contributed by atoms with Crippen LogP contribution in [0.3, 0.4) is 0 Å². The van der Waals surface area contributed by atoms with Gasteiger partial charge in [0.05, 0.1) is 16.5 Å². The second-order valence-electron chi connectivity index (χ2n) is 4.50. The van der Waals surface area contributed by atoms with Gasteiger partial charge in [0, 0.05) is 0 Å². The maximum absolute atomic E-state index is 11.7. The highest BCUT2D eigenvalue weighted by Gasteiger charge is 2.10. The molecule has 0 unspecified atom stereocenters. The number of fused-ring (bicyclic) bond motifs is 1. The Morgan fingerprint density at radius 1 is 1.35 bits per heavy atom. The van der Waals surface area contributed by atoms with Crippen LogP contribution in [-0.4, -0.2) is 10.9 Å². The van der Waals surface area contributed by atoms with Crippen LogP contribution < -0.4 is 10.9 Å². The fourth-order valence-electron chi connectivity index (χ4n) is 2.00. The Bertz CT molecular complexity index is 762. The lowest BCUT2D eigenvalue weighted by atomic mass is 10.1. The molecule has 0 saturated carbocycles. The van der Waals surface area contributed by atoms with Crippen molar-refractivity contribution in [2.45, 2.75) is 13.8 Å². The van der Waals surface area contributed by atoms with Crippen LogP contribution in [0.2, 0.25) is 0 Å². The van der Waals surface area contributed by atoms with Gasteiger partial charge in [-0.25, -0.2) is 4.98 Å². The van der Waals surface area contributed by atoms with E-state index in [0.29, 0.717) is 5.13 Å². The van der Waals surface area contributed by atoms with Gasteiger partial charge in [-0.1, -0.05) is 17.4 Å². The first-order chi connectivity index (χ1) is 9.63. The topological polar surface area (TPSA) is 67.2 Å². The van der Waals surface area contributed by atoms with Crippen LogP contribution in [0.1, 0.15) is 21.7 Å². The van der Waals surface area contributed by atoms with E-state index in [1.54, 1.807) is 12.1 Å². The Labute approximate surface area is 119 Å². The molecule has 2 aromatic heterocycles. The van der Waals surface area contributed by atoms with Gasteiger partial charge >= 0.3 is 5.91 Å². The summed E-state index contributed by atoms with van der Waals surface area (Å²) in [5, 5.41) is 0.647. The number of hydrogen-bond donors (Lipinski definition) is 2. The molecule has 1 aromatic carbocycles. The summed E-state index contributed by atoms with van der Waals surface area (Å²) in [7, 11) is 0. The Balaban J connectivity index is 1.78. The summed E-state index contributed by atoms with van der Waals surface area (Å²) in [4.78, 5) is 16.2. The molecule has 0 atom stereocenters. The van der Waals surface area contributed by atoms with Gasteiger partial charge < -0.3 is 4.42 Å². The van der Waals surface area contributed by atoms with Gasteiger partial charge in [-0.15, -0.1) is 0 Å². The van der Waals surface area contributed by atoms with E-state index in [1.807, 2.05) is 6.92 Å². The first kappa shape index (κ1) is 12.7. The molecule has 5 nitrogen and oxygen atoms in total. The molecule has 1 amide bonds. The van der Waals surface area contributed by atoms with E-state index in [1.165, 1.54) is 23.2 Å². The van der Waals surface area contributed by atoms with E-state index in [2.05, 4.69) is 34.9 Å². The Morgan fingerprint density at radius 2 is 2.20 bits per heavy atom. The Morgan fingerprint density at radius 3 is 2.95 bits per heavy atom. The largest absolute Gasteiger partial charge is 0.459 e. The molecular formula is C14H13N3O2S. The van der Waals surface area contributed by atoms with Gasteiger partial charge in [-0.3, -0.25) is 15.6 Å². The number of amides is 1.